The van der Waals surface area contributed by atoms with E-state index in [1.54, 1.807) is 30.3 Å². The van der Waals surface area contributed by atoms with E-state index in [-0.39, 0.29) is 33.9 Å². The maximum Gasteiger partial charge on any atom is 0.264 e. The maximum absolute atomic E-state index is 13.8. The number of nitrogens with zero attached hydrogens (tertiary/aromatic N) is 2. The molecule has 1 aliphatic heterocycles. The number of benzene rings is 3. The molecule has 3 aromatic carbocycles. The zero-order valence-corrected chi connectivity index (χ0v) is 24.2. The molecule has 37 heavy (non-hydrogen) atoms. The van der Waals surface area contributed by atoms with Gasteiger partial charge in [0.25, 0.3) is 10.0 Å². The van der Waals surface area contributed by atoms with Crippen molar-refractivity contribution in [3.8, 4) is 5.75 Å². The van der Waals surface area contributed by atoms with Gasteiger partial charge in [-0.25, -0.2) is 8.42 Å². The highest BCUT2D eigenvalue weighted by Crippen LogP contribution is 2.37. The van der Waals surface area contributed by atoms with Crippen LogP contribution in [0, 0.1) is 0 Å². The largest absolute Gasteiger partial charge is 0.493 e. The average Bonchev–Trinajstić information content (AvgIpc) is 2.88. The normalized spacial score (nSPS) is 14.1. The fourth-order valence-corrected chi connectivity index (χ4v) is 6.33. The third-order valence-corrected chi connectivity index (χ3v) is 9.05. The number of ether oxygens (including phenoxy) is 1. The van der Waals surface area contributed by atoms with Crippen LogP contribution in [0.3, 0.4) is 0 Å². The highest BCUT2D eigenvalue weighted by atomic mass is 35.5. The highest BCUT2D eigenvalue weighted by Gasteiger charge is 2.28. The van der Waals surface area contributed by atoms with E-state index in [4.69, 9.17) is 39.5 Å². The third-order valence-electron chi connectivity index (χ3n) is 6.21. The molecule has 0 amide bonds. The molecule has 0 spiro atoms. The summed E-state index contributed by atoms with van der Waals surface area (Å²) < 4.78 is 35.0. The van der Waals surface area contributed by atoms with Gasteiger partial charge >= 0.3 is 0 Å². The molecule has 0 N–H and O–H groups in total. The van der Waals surface area contributed by atoms with E-state index in [0.29, 0.717) is 23.1 Å². The Morgan fingerprint density at radius 3 is 2.30 bits per heavy atom. The van der Waals surface area contributed by atoms with Gasteiger partial charge in [0.15, 0.2) is 0 Å². The lowest BCUT2D eigenvalue weighted by Crippen LogP contribution is -2.31. The Bertz CT molecular complexity index is 1270. The molecule has 0 aromatic heterocycles. The molecule has 200 valence electrons. The van der Waals surface area contributed by atoms with Gasteiger partial charge in [-0.2, -0.15) is 0 Å². The Kier molecular flexibility index (Phi) is 11.2. The van der Waals surface area contributed by atoms with Crippen LogP contribution in [0.4, 0.5) is 5.69 Å². The van der Waals surface area contributed by atoms with Gasteiger partial charge in [-0.3, -0.25) is 4.31 Å². The minimum absolute atomic E-state index is 0. The first-order valence-corrected chi connectivity index (χ1v) is 14.6. The van der Waals surface area contributed by atoms with Crippen LogP contribution in [0.1, 0.15) is 31.2 Å². The summed E-state index contributed by atoms with van der Waals surface area (Å²) in [6.07, 6.45) is 4.73. The lowest BCUT2D eigenvalue weighted by molar-refractivity contribution is 0.204. The van der Waals surface area contributed by atoms with Crippen LogP contribution in [-0.4, -0.2) is 39.6 Å². The van der Waals surface area contributed by atoms with Crippen LogP contribution in [0.25, 0.3) is 0 Å². The molecule has 1 saturated heterocycles. The topological polar surface area (TPSA) is 49.9 Å². The lowest BCUT2D eigenvalue weighted by Gasteiger charge is -2.27. The third kappa shape index (κ3) is 7.69. The second-order valence-corrected chi connectivity index (χ2v) is 11.8. The van der Waals surface area contributed by atoms with Gasteiger partial charge in [-0.05, 0) is 74.8 Å². The van der Waals surface area contributed by atoms with E-state index in [2.05, 4.69) is 4.90 Å². The molecular weight excluding hydrogens is 574 g/mol. The second kappa shape index (κ2) is 13.9. The monoisotopic (exact) mass is 602 g/mol. The Hall–Kier alpha value is -1.67. The van der Waals surface area contributed by atoms with Crippen molar-refractivity contribution in [2.24, 2.45) is 0 Å². The number of hydrogen-bond donors (Lipinski definition) is 0. The molecule has 0 bridgehead atoms. The maximum atomic E-state index is 13.8. The fourth-order valence-electron chi connectivity index (χ4n) is 4.30. The first-order chi connectivity index (χ1) is 17.4. The van der Waals surface area contributed by atoms with E-state index in [1.165, 1.54) is 35.7 Å². The molecule has 1 fully saturated rings. The van der Waals surface area contributed by atoms with Gasteiger partial charge in [-0.1, -0.05) is 65.5 Å². The van der Waals surface area contributed by atoms with Crippen molar-refractivity contribution in [3.05, 3.63) is 87.4 Å². The fraction of sp³-hybridized carbons (Fsp3) is 0.333. The van der Waals surface area contributed by atoms with Crippen LogP contribution >= 0.6 is 47.2 Å². The second-order valence-electron chi connectivity index (χ2n) is 8.75. The molecule has 0 radical (unpaired) electrons. The van der Waals surface area contributed by atoms with E-state index >= 15 is 0 Å². The number of halogens is 4. The molecule has 0 unspecified atom stereocenters. The molecule has 3 aromatic rings. The van der Waals surface area contributed by atoms with E-state index in [1.807, 2.05) is 24.3 Å². The van der Waals surface area contributed by atoms with Crippen molar-refractivity contribution in [1.29, 1.82) is 0 Å². The van der Waals surface area contributed by atoms with Gasteiger partial charge in [0.05, 0.1) is 33.8 Å². The summed E-state index contributed by atoms with van der Waals surface area (Å²) in [5.74, 6) is 0.644. The molecule has 0 saturated carbocycles. The summed E-state index contributed by atoms with van der Waals surface area (Å²) in [6.45, 7) is 3.86. The van der Waals surface area contributed by atoms with Crippen molar-refractivity contribution >= 4 is 62.9 Å². The Morgan fingerprint density at radius 2 is 1.57 bits per heavy atom. The quantitative estimate of drug-likeness (QED) is 0.223. The van der Waals surface area contributed by atoms with E-state index in [0.717, 1.165) is 31.6 Å². The van der Waals surface area contributed by atoms with E-state index in [9.17, 15) is 8.42 Å². The summed E-state index contributed by atoms with van der Waals surface area (Å²) in [5.41, 5.74) is 1.02. The van der Waals surface area contributed by atoms with Gasteiger partial charge < -0.3 is 9.64 Å². The zero-order valence-electron chi connectivity index (χ0n) is 20.3. The first kappa shape index (κ1) is 29.9. The van der Waals surface area contributed by atoms with Crippen molar-refractivity contribution in [2.75, 3.05) is 30.5 Å². The Labute approximate surface area is 240 Å². The lowest BCUT2D eigenvalue weighted by atomic mass is 10.1. The number of likely N-dealkylation sites (tertiary alicyclic amines) is 1. The number of hydrogen-bond acceptors (Lipinski definition) is 4. The predicted molar refractivity (Wildman–Crippen MR) is 155 cm³/mol. The van der Waals surface area contributed by atoms with E-state index < -0.39 is 10.0 Å². The van der Waals surface area contributed by atoms with Crippen LogP contribution in [-0.2, 0) is 16.6 Å². The van der Waals surface area contributed by atoms with Crippen molar-refractivity contribution in [1.82, 2.24) is 4.90 Å². The summed E-state index contributed by atoms with van der Waals surface area (Å²) in [4.78, 5) is 2.57. The van der Waals surface area contributed by atoms with Gasteiger partial charge in [0.1, 0.15) is 5.75 Å². The zero-order chi connectivity index (χ0) is 25.5. The summed E-state index contributed by atoms with van der Waals surface area (Å²) >= 11 is 18.8. The molecule has 1 heterocycles. The van der Waals surface area contributed by atoms with Crippen molar-refractivity contribution < 1.29 is 13.2 Å². The summed E-state index contributed by atoms with van der Waals surface area (Å²) in [5, 5.41) is 0.883. The minimum Gasteiger partial charge on any atom is -0.493 e. The van der Waals surface area contributed by atoms with Crippen molar-refractivity contribution in [3.63, 3.8) is 0 Å². The number of sulfonamides is 1. The molecule has 0 atom stereocenters. The van der Waals surface area contributed by atoms with Crippen LogP contribution in [0.5, 0.6) is 5.75 Å². The summed E-state index contributed by atoms with van der Waals surface area (Å²) in [7, 11) is -4.00. The standard InChI is InChI=1S/C27H29Cl3N2O3S.ClH/c28-22-12-14-23(15-13-22)36(33,34)32(25-10-6-9-24(29)27(25)30)20-21-8-2-3-11-26(21)35-19-7-18-31-16-4-1-5-17-31;/h2-3,6,8-15H,1,4-5,7,16-20H2;1H. The molecule has 10 heteroatoms. The molecule has 4 rings (SSSR count). The number of para-hydroxylation sites is 1. The van der Waals surface area contributed by atoms with Crippen LogP contribution < -0.4 is 9.04 Å². The average molecular weight is 604 g/mol. The summed E-state index contributed by atoms with van der Waals surface area (Å²) in [6, 6.07) is 18.5. The molecule has 0 aliphatic carbocycles. The van der Waals surface area contributed by atoms with Gasteiger partial charge in [0.2, 0.25) is 0 Å². The predicted octanol–water partition coefficient (Wildman–Crippen LogP) is 7.72. The highest BCUT2D eigenvalue weighted by molar-refractivity contribution is 7.92. The first-order valence-electron chi connectivity index (χ1n) is 12.0. The SMILES string of the molecule is Cl.O=S(=O)(c1ccc(Cl)cc1)N(Cc1ccccc1OCCCN1CCCCC1)c1cccc(Cl)c1Cl. The number of rotatable bonds is 10. The Balaban J connectivity index is 0.00000380. The Morgan fingerprint density at radius 1 is 0.865 bits per heavy atom. The van der Waals surface area contributed by atoms with Gasteiger partial charge in [-0.15, -0.1) is 12.4 Å². The van der Waals surface area contributed by atoms with Crippen LogP contribution in [0.2, 0.25) is 15.1 Å². The molecule has 5 nitrogen and oxygen atoms in total. The van der Waals surface area contributed by atoms with Crippen LogP contribution in [0.15, 0.2) is 71.6 Å². The number of anilines is 1. The smallest absolute Gasteiger partial charge is 0.264 e. The van der Waals surface area contributed by atoms with Gasteiger partial charge in [0, 0.05) is 17.1 Å². The number of piperidine rings is 1. The molecule has 1 aliphatic rings. The minimum atomic E-state index is -4.00. The molecular formula is C27H30Cl4N2O3S. The van der Waals surface area contributed by atoms with Crippen molar-refractivity contribution in [2.45, 2.75) is 37.1 Å².